The molecule has 0 fully saturated rings. The van der Waals surface area contributed by atoms with Gasteiger partial charge in [0.1, 0.15) is 5.82 Å². The molecule has 0 spiro atoms. The lowest BCUT2D eigenvalue weighted by Gasteiger charge is -2.25. The first-order valence-corrected chi connectivity index (χ1v) is 9.40. The highest BCUT2D eigenvalue weighted by Gasteiger charge is 2.39. The second kappa shape index (κ2) is 8.76. The Hall–Kier alpha value is -2.05. The molecule has 0 saturated heterocycles. The van der Waals surface area contributed by atoms with Crippen molar-refractivity contribution in [1.82, 2.24) is 0 Å². The summed E-state index contributed by atoms with van der Waals surface area (Å²) in [7, 11) is 0. The van der Waals surface area contributed by atoms with Gasteiger partial charge in [0.05, 0.1) is 11.1 Å². The lowest BCUT2D eigenvalue weighted by molar-refractivity contribution is -0.142. The molecule has 2 aromatic rings. The Morgan fingerprint density at radius 2 is 1.38 bits per heavy atom. The number of hydrogen-bond donors (Lipinski definition) is 0. The fraction of sp³-hybridized carbons (Fsp3) is 0.455. The average Bonchev–Trinajstić information content (AvgIpc) is 2.59. The summed E-state index contributed by atoms with van der Waals surface area (Å²) in [5.41, 5.74) is -1.99. The minimum atomic E-state index is -4.75. The van der Waals surface area contributed by atoms with E-state index in [1.165, 1.54) is 24.3 Å². The van der Waals surface area contributed by atoms with Crippen LogP contribution in [0.2, 0.25) is 0 Å². The summed E-state index contributed by atoms with van der Waals surface area (Å²) < 4.78 is 94.3. The Morgan fingerprint density at radius 3 is 1.86 bits per heavy atom. The van der Waals surface area contributed by atoms with Gasteiger partial charge in [0.15, 0.2) is 0 Å². The fourth-order valence-electron chi connectivity index (χ4n) is 3.54. The van der Waals surface area contributed by atoms with Crippen LogP contribution >= 0.6 is 0 Å². The lowest BCUT2D eigenvalue weighted by Crippen LogP contribution is -2.19. The van der Waals surface area contributed by atoms with E-state index >= 15 is 0 Å². The highest BCUT2D eigenvalue weighted by molar-refractivity contribution is 5.43. The average molecular weight is 420 g/mol. The second-order valence-corrected chi connectivity index (χ2v) is 7.44. The standard InChI is InChI=1S/C22H23F7/c1-4-5-16-11-18(21(24,25)26)12-17(20(16)22(27,28)29)10-13(2)14(3)15-6-8-19(23)9-7-15/h6-9,11-14H,4-5,10H2,1-3H3/t13?,14-/m0/s1. The van der Waals surface area contributed by atoms with E-state index in [0.717, 1.165) is 0 Å². The van der Waals surface area contributed by atoms with Crippen LogP contribution in [0.25, 0.3) is 0 Å². The maximum absolute atomic E-state index is 13.8. The first-order valence-electron chi connectivity index (χ1n) is 9.40. The normalized spacial score (nSPS) is 14.7. The summed E-state index contributed by atoms with van der Waals surface area (Å²) in [6.07, 6.45) is -9.44. The van der Waals surface area contributed by atoms with Gasteiger partial charge in [-0.3, -0.25) is 0 Å². The summed E-state index contributed by atoms with van der Waals surface area (Å²) in [5.74, 6) is -1.09. The smallest absolute Gasteiger partial charge is 0.207 e. The van der Waals surface area contributed by atoms with Crippen molar-refractivity contribution in [3.05, 3.63) is 70.0 Å². The van der Waals surface area contributed by atoms with E-state index in [-0.39, 0.29) is 35.8 Å². The van der Waals surface area contributed by atoms with Gasteiger partial charge in [-0.2, -0.15) is 26.3 Å². The Morgan fingerprint density at radius 1 is 0.828 bits per heavy atom. The van der Waals surface area contributed by atoms with Gasteiger partial charge in [0.2, 0.25) is 0 Å². The van der Waals surface area contributed by atoms with Crippen molar-refractivity contribution in [2.24, 2.45) is 5.92 Å². The Bertz CT molecular complexity index is 817. The highest BCUT2D eigenvalue weighted by Crippen LogP contribution is 2.41. The van der Waals surface area contributed by atoms with E-state index in [1.54, 1.807) is 20.8 Å². The third-order valence-corrected chi connectivity index (χ3v) is 5.22. The maximum Gasteiger partial charge on any atom is 0.416 e. The Kier molecular flexibility index (Phi) is 7.01. The third-order valence-electron chi connectivity index (χ3n) is 5.22. The molecule has 160 valence electrons. The van der Waals surface area contributed by atoms with E-state index in [0.29, 0.717) is 24.1 Å². The largest absolute Gasteiger partial charge is 0.416 e. The predicted octanol–water partition coefficient (Wildman–Crippen LogP) is 7.80. The van der Waals surface area contributed by atoms with Crippen LogP contribution in [0, 0.1) is 11.7 Å². The summed E-state index contributed by atoms with van der Waals surface area (Å²) >= 11 is 0. The van der Waals surface area contributed by atoms with Gasteiger partial charge in [-0.1, -0.05) is 39.3 Å². The summed E-state index contributed by atoms with van der Waals surface area (Å²) in [5, 5.41) is 0. The number of benzene rings is 2. The van der Waals surface area contributed by atoms with Gasteiger partial charge in [-0.05, 0) is 65.6 Å². The maximum atomic E-state index is 13.8. The molecule has 0 radical (unpaired) electrons. The van der Waals surface area contributed by atoms with Crippen LogP contribution in [0.1, 0.15) is 60.9 Å². The van der Waals surface area contributed by atoms with Crippen LogP contribution in [0.3, 0.4) is 0 Å². The molecule has 0 aliphatic carbocycles. The molecule has 0 N–H and O–H groups in total. The zero-order chi connectivity index (χ0) is 22.0. The number of aryl methyl sites for hydroxylation is 1. The molecule has 0 saturated carbocycles. The van der Waals surface area contributed by atoms with Crippen molar-refractivity contribution >= 4 is 0 Å². The van der Waals surface area contributed by atoms with Crippen molar-refractivity contribution < 1.29 is 30.7 Å². The fourth-order valence-corrected chi connectivity index (χ4v) is 3.54. The molecular weight excluding hydrogens is 397 g/mol. The molecule has 7 heteroatoms. The monoisotopic (exact) mass is 420 g/mol. The molecule has 0 bridgehead atoms. The van der Waals surface area contributed by atoms with Crippen LogP contribution in [0.15, 0.2) is 36.4 Å². The quantitative estimate of drug-likeness (QED) is 0.418. The van der Waals surface area contributed by atoms with Gasteiger partial charge in [-0.15, -0.1) is 0 Å². The van der Waals surface area contributed by atoms with E-state index < -0.39 is 29.3 Å². The van der Waals surface area contributed by atoms with Crippen molar-refractivity contribution in [1.29, 1.82) is 0 Å². The molecule has 0 aromatic heterocycles. The summed E-state index contributed by atoms with van der Waals surface area (Å²) in [4.78, 5) is 0. The van der Waals surface area contributed by atoms with E-state index in [4.69, 9.17) is 0 Å². The van der Waals surface area contributed by atoms with Crippen LogP contribution in [-0.4, -0.2) is 0 Å². The summed E-state index contributed by atoms with van der Waals surface area (Å²) in [6, 6.07) is 6.82. The number of alkyl halides is 6. The molecule has 0 aliphatic heterocycles. The molecule has 2 rings (SSSR count). The zero-order valence-electron chi connectivity index (χ0n) is 16.4. The molecule has 2 atom stereocenters. The molecule has 0 heterocycles. The second-order valence-electron chi connectivity index (χ2n) is 7.44. The van der Waals surface area contributed by atoms with Crippen molar-refractivity contribution in [3.63, 3.8) is 0 Å². The first kappa shape index (κ1) is 23.2. The van der Waals surface area contributed by atoms with Crippen LogP contribution < -0.4 is 0 Å². The van der Waals surface area contributed by atoms with Crippen molar-refractivity contribution in [2.75, 3.05) is 0 Å². The molecule has 1 unspecified atom stereocenters. The Balaban J connectivity index is 2.50. The predicted molar refractivity (Wildman–Crippen MR) is 98.1 cm³/mol. The summed E-state index contributed by atoms with van der Waals surface area (Å²) in [6.45, 7) is 5.08. The molecule has 0 aliphatic rings. The van der Waals surface area contributed by atoms with Gasteiger partial charge in [-0.25, -0.2) is 4.39 Å². The van der Waals surface area contributed by atoms with Crippen LogP contribution in [0.5, 0.6) is 0 Å². The molecular formula is C22H23F7. The van der Waals surface area contributed by atoms with Crippen LogP contribution in [-0.2, 0) is 25.2 Å². The van der Waals surface area contributed by atoms with Crippen molar-refractivity contribution in [2.45, 2.75) is 58.3 Å². The molecule has 0 amide bonds. The van der Waals surface area contributed by atoms with Gasteiger partial charge in [0.25, 0.3) is 0 Å². The Labute approximate surface area is 165 Å². The van der Waals surface area contributed by atoms with E-state index in [9.17, 15) is 30.7 Å². The zero-order valence-corrected chi connectivity index (χ0v) is 16.4. The number of rotatable bonds is 6. The topological polar surface area (TPSA) is 0 Å². The van der Waals surface area contributed by atoms with Gasteiger partial charge in [0, 0.05) is 0 Å². The number of hydrogen-bond acceptors (Lipinski definition) is 0. The van der Waals surface area contributed by atoms with Crippen LogP contribution in [0.4, 0.5) is 30.7 Å². The van der Waals surface area contributed by atoms with Gasteiger partial charge >= 0.3 is 12.4 Å². The molecule has 29 heavy (non-hydrogen) atoms. The SMILES string of the molecule is CCCc1cc(C(F)(F)F)cc(CC(C)[C@H](C)c2ccc(F)cc2)c1C(F)(F)F. The third kappa shape index (κ3) is 5.73. The molecule has 0 nitrogen and oxygen atoms in total. The van der Waals surface area contributed by atoms with Crippen molar-refractivity contribution in [3.8, 4) is 0 Å². The highest BCUT2D eigenvalue weighted by atomic mass is 19.4. The van der Waals surface area contributed by atoms with E-state index in [2.05, 4.69) is 0 Å². The van der Waals surface area contributed by atoms with Gasteiger partial charge < -0.3 is 0 Å². The minimum Gasteiger partial charge on any atom is -0.207 e. The number of halogens is 7. The first-order chi connectivity index (χ1) is 13.3. The minimum absolute atomic E-state index is 0.0896. The van der Waals surface area contributed by atoms with E-state index in [1.807, 2.05) is 0 Å². The lowest BCUT2D eigenvalue weighted by atomic mass is 9.82. The molecule has 2 aromatic carbocycles.